The van der Waals surface area contributed by atoms with E-state index in [2.05, 4.69) is 41.5 Å². The second kappa shape index (κ2) is 8.19. The van der Waals surface area contributed by atoms with Gasteiger partial charge >= 0.3 is 0 Å². The molecule has 0 bridgehead atoms. The number of thioether (sulfide) groups is 1. The topological polar surface area (TPSA) is 59.3 Å². The van der Waals surface area contributed by atoms with Crippen LogP contribution in [0, 0.1) is 0 Å². The molecule has 1 heterocycles. The molecule has 134 valence electrons. The van der Waals surface area contributed by atoms with Gasteiger partial charge in [0.2, 0.25) is 0 Å². The van der Waals surface area contributed by atoms with Crippen molar-refractivity contribution in [1.29, 1.82) is 0 Å². The first-order valence-corrected chi connectivity index (χ1v) is 9.49. The van der Waals surface area contributed by atoms with Crippen molar-refractivity contribution in [2.45, 2.75) is 24.9 Å². The summed E-state index contributed by atoms with van der Waals surface area (Å²) in [6.07, 6.45) is 1.65. The minimum absolute atomic E-state index is 0.155. The molecule has 3 aromatic rings. The molecule has 0 saturated heterocycles. The number of aryl methyl sites for hydroxylation is 1. The van der Waals surface area contributed by atoms with Crippen molar-refractivity contribution in [3.63, 3.8) is 0 Å². The standard InChI is InChI=1S/C20H22N4OS/c1-14(2)16-10-8-15(9-11-16)12-21-23-19(25)13-26-20-22-17-6-4-5-7-18(17)24(20)3/h4-12,14H,13H2,1-3H3,(H,23,25)/b21-12+. The molecule has 5 nitrogen and oxygen atoms in total. The van der Waals surface area contributed by atoms with Gasteiger partial charge in [0.15, 0.2) is 5.16 Å². The van der Waals surface area contributed by atoms with Crippen molar-refractivity contribution in [2.75, 3.05) is 5.75 Å². The average molecular weight is 366 g/mol. The van der Waals surface area contributed by atoms with Gasteiger partial charge in [-0.25, -0.2) is 10.4 Å². The minimum Gasteiger partial charge on any atom is -0.322 e. The molecule has 1 amide bonds. The van der Waals surface area contributed by atoms with Crippen molar-refractivity contribution in [3.8, 4) is 0 Å². The summed E-state index contributed by atoms with van der Waals surface area (Å²) < 4.78 is 1.99. The van der Waals surface area contributed by atoms with Gasteiger partial charge in [0, 0.05) is 7.05 Å². The van der Waals surface area contributed by atoms with Crippen LogP contribution in [-0.2, 0) is 11.8 Å². The van der Waals surface area contributed by atoms with Crippen LogP contribution in [-0.4, -0.2) is 27.4 Å². The molecule has 3 rings (SSSR count). The summed E-state index contributed by atoms with van der Waals surface area (Å²) in [5.41, 5.74) is 6.79. The molecular weight excluding hydrogens is 344 g/mol. The number of para-hydroxylation sites is 2. The summed E-state index contributed by atoms with van der Waals surface area (Å²) >= 11 is 1.40. The van der Waals surface area contributed by atoms with Crippen LogP contribution in [0.15, 0.2) is 58.8 Å². The summed E-state index contributed by atoms with van der Waals surface area (Å²) in [5, 5.41) is 4.84. The molecular formula is C20H22N4OS. The predicted molar refractivity (Wildman–Crippen MR) is 108 cm³/mol. The fraction of sp³-hybridized carbons (Fsp3) is 0.250. The predicted octanol–water partition coefficient (Wildman–Crippen LogP) is 3.94. The molecule has 26 heavy (non-hydrogen) atoms. The van der Waals surface area contributed by atoms with Gasteiger partial charge in [-0.05, 0) is 29.2 Å². The largest absolute Gasteiger partial charge is 0.322 e. The number of hydrogen-bond donors (Lipinski definition) is 1. The van der Waals surface area contributed by atoms with Gasteiger partial charge in [0.1, 0.15) is 0 Å². The van der Waals surface area contributed by atoms with Gasteiger partial charge in [0.25, 0.3) is 5.91 Å². The van der Waals surface area contributed by atoms with E-state index in [9.17, 15) is 4.79 Å². The maximum atomic E-state index is 12.0. The van der Waals surface area contributed by atoms with Crippen LogP contribution >= 0.6 is 11.8 Å². The van der Waals surface area contributed by atoms with E-state index in [1.54, 1.807) is 6.21 Å². The molecule has 0 radical (unpaired) electrons. The number of nitrogens with one attached hydrogen (secondary N) is 1. The van der Waals surface area contributed by atoms with E-state index >= 15 is 0 Å². The zero-order valence-electron chi connectivity index (χ0n) is 15.1. The number of carbonyl (C=O) groups excluding carboxylic acids is 1. The molecule has 0 aliphatic carbocycles. The third kappa shape index (κ3) is 4.32. The van der Waals surface area contributed by atoms with Gasteiger partial charge in [-0.2, -0.15) is 5.10 Å². The maximum Gasteiger partial charge on any atom is 0.250 e. The van der Waals surface area contributed by atoms with Gasteiger partial charge in [-0.1, -0.05) is 62.0 Å². The smallest absolute Gasteiger partial charge is 0.250 e. The van der Waals surface area contributed by atoms with Crippen LogP contribution in [0.25, 0.3) is 11.0 Å². The van der Waals surface area contributed by atoms with Gasteiger partial charge in [-0.3, -0.25) is 4.79 Å². The molecule has 0 fully saturated rings. The van der Waals surface area contributed by atoms with E-state index in [1.807, 2.05) is 48.0 Å². The van der Waals surface area contributed by atoms with Crippen molar-refractivity contribution >= 4 is 34.9 Å². The highest BCUT2D eigenvalue weighted by atomic mass is 32.2. The Balaban J connectivity index is 1.53. The highest BCUT2D eigenvalue weighted by Gasteiger charge is 2.09. The molecule has 0 aliphatic heterocycles. The van der Waals surface area contributed by atoms with Crippen LogP contribution in [0.3, 0.4) is 0 Å². The molecule has 1 N–H and O–H groups in total. The summed E-state index contributed by atoms with van der Waals surface area (Å²) in [6, 6.07) is 16.1. The zero-order chi connectivity index (χ0) is 18.5. The van der Waals surface area contributed by atoms with Crippen molar-refractivity contribution in [1.82, 2.24) is 15.0 Å². The lowest BCUT2D eigenvalue weighted by Crippen LogP contribution is -2.19. The van der Waals surface area contributed by atoms with E-state index in [4.69, 9.17) is 0 Å². The number of rotatable bonds is 6. The fourth-order valence-electron chi connectivity index (χ4n) is 2.56. The van der Waals surface area contributed by atoms with Crippen LogP contribution < -0.4 is 5.43 Å². The molecule has 1 aromatic heterocycles. The first-order chi connectivity index (χ1) is 12.5. The first kappa shape index (κ1) is 18.2. The Kier molecular flexibility index (Phi) is 5.73. The molecule has 0 atom stereocenters. The Morgan fingerprint density at radius 1 is 1.23 bits per heavy atom. The van der Waals surface area contributed by atoms with Crippen molar-refractivity contribution < 1.29 is 4.79 Å². The monoisotopic (exact) mass is 366 g/mol. The lowest BCUT2D eigenvalue weighted by atomic mass is 10.0. The second-order valence-corrected chi connectivity index (χ2v) is 7.29. The summed E-state index contributed by atoms with van der Waals surface area (Å²) in [4.78, 5) is 16.5. The zero-order valence-corrected chi connectivity index (χ0v) is 16.0. The number of imidazole rings is 1. The third-order valence-corrected chi connectivity index (χ3v) is 5.11. The Morgan fingerprint density at radius 2 is 1.96 bits per heavy atom. The number of amides is 1. The SMILES string of the molecule is CC(C)c1ccc(/C=N/NC(=O)CSc2nc3ccccc3n2C)cc1. The van der Waals surface area contributed by atoms with Crippen molar-refractivity contribution in [3.05, 3.63) is 59.7 Å². The molecule has 6 heteroatoms. The van der Waals surface area contributed by atoms with Gasteiger partial charge < -0.3 is 4.57 Å². The highest BCUT2D eigenvalue weighted by molar-refractivity contribution is 7.99. The number of fused-ring (bicyclic) bond motifs is 1. The number of nitrogens with zero attached hydrogens (tertiary/aromatic N) is 3. The van der Waals surface area contributed by atoms with Crippen molar-refractivity contribution in [2.24, 2.45) is 12.1 Å². The Hall–Kier alpha value is -2.60. The van der Waals surface area contributed by atoms with E-state index in [-0.39, 0.29) is 11.7 Å². The Labute approximate surface area is 157 Å². The van der Waals surface area contributed by atoms with Crippen LogP contribution in [0.1, 0.15) is 30.9 Å². The lowest BCUT2D eigenvalue weighted by Gasteiger charge is -2.04. The van der Waals surface area contributed by atoms with Gasteiger partial charge in [0.05, 0.1) is 23.0 Å². The number of hydrogen-bond acceptors (Lipinski definition) is 4. The van der Waals surface area contributed by atoms with E-state index in [0.717, 1.165) is 21.8 Å². The molecule has 0 saturated carbocycles. The van der Waals surface area contributed by atoms with Crippen LogP contribution in [0.5, 0.6) is 0 Å². The summed E-state index contributed by atoms with van der Waals surface area (Å²) in [6.45, 7) is 4.32. The molecule has 0 spiro atoms. The normalized spacial score (nSPS) is 11.5. The number of carbonyl (C=O) groups is 1. The minimum atomic E-state index is -0.155. The highest BCUT2D eigenvalue weighted by Crippen LogP contribution is 2.22. The molecule has 0 unspecified atom stereocenters. The molecule has 0 aliphatic rings. The number of aromatic nitrogens is 2. The fourth-order valence-corrected chi connectivity index (χ4v) is 3.34. The Bertz CT molecular complexity index is 929. The lowest BCUT2D eigenvalue weighted by molar-refractivity contribution is -0.118. The van der Waals surface area contributed by atoms with Gasteiger partial charge in [-0.15, -0.1) is 0 Å². The van der Waals surface area contributed by atoms with E-state index in [0.29, 0.717) is 5.92 Å². The van der Waals surface area contributed by atoms with Crippen LogP contribution in [0.4, 0.5) is 0 Å². The first-order valence-electron chi connectivity index (χ1n) is 8.50. The Morgan fingerprint density at radius 3 is 2.65 bits per heavy atom. The number of benzene rings is 2. The maximum absolute atomic E-state index is 12.0. The van der Waals surface area contributed by atoms with E-state index in [1.165, 1.54) is 17.3 Å². The average Bonchev–Trinajstić information content (AvgIpc) is 2.97. The van der Waals surface area contributed by atoms with Crippen LogP contribution in [0.2, 0.25) is 0 Å². The third-order valence-electron chi connectivity index (χ3n) is 4.08. The van der Waals surface area contributed by atoms with E-state index < -0.39 is 0 Å². The summed E-state index contributed by atoms with van der Waals surface area (Å²) in [7, 11) is 1.95. The quantitative estimate of drug-likeness (QED) is 0.408. The molecule has 2 aromatic carbocycles. The summed E-state index contributed by atoms with van der Waals surface area (Å²) in [5.74, 6) is 0.610. The second-order valence-electron chi connectivity index (χ2n) is 6.35. The number of hydrazone groups is 1.